The van der Waals surface area contributed by atoms with E-state index < -0.39 is 0 Å². The number of aryl methyl sites for hydroxylation is 1. The van der Waals surface area contributed by atoms with Crippen LogP contribution in [0.2, 0.25) is 0 Å². The Kier molecular flexibility index (Phi) is 2.21. The minimum atomic E-state index is -0.194. The number of ether oxygens (including phenoxy) is 1. The largest absolute Gasteiger partial charge is 0.458 e. The molecule has 0 amide bonds. The summed E-state index contributed by atoms with van der Waals surface area (Å²) >= 11 is 1.77. The SMILES string of the molecule is CC(=O)OC1CCc2csc3cccc1c23. The van der Waals surface area contributed by atoms with Crippen LogP contribution in [0.1, 0.15) is 30.6 Å². The maximum Gasteiger partial charge on any atom is 0.303 e. The fourth-order valence-electron chi connectivity index (χ4n) is 2.40. The van der Waals surface area contributed by atoms with Crippen molar-refractivity contribution in [2.75, 3.05) is 0 Å². The number of esters is 1. The summed E-state index contributed by atoms with van der Waals surface area (Å²) in [7, 11) is 0. The summed E-state index contributed by atoms with van der Waals surface area (Å²) in [6.45, 7) is 1.48. The van der Waals surface area contributed by atoms with Gasteiger partial charge in [-0.25, -0.2) is 0 Å². The van der Waals surface area contributed by atoms with Gasteiger partial charge in [-0.1, -0.05) is 12.1 Å². The second-order valence-corrected chi connectivity index (χ2v) is 5.03. The molecule has 1 aliphatic carbocycles. The molecular weight excluding hydrogens is 220 g/mol. The average Bonchev–Trinajstić information content (AvgIpc) is 2.67. The lowest BCUT2D eigenvalue weighted by Gasteiger charge is -2.22. The molecule has 0 spiro atoms. The molecule has 0 aliphatic heterocycles. The van der Waals surface area contributed by atoms with Gasteiger partial charge in [-0.15, -0.1) is 11.3 Å². The highest BCUT2D eigenvalue weighted by Crippen LogP contribution is 2.40. The molecule has 2 nitrogen and oxygen atoms in total. The molecule has 1 aromatic heterocycles. The van der Waals surface area contributed by atoms with E-state index in [1.807, 2.05) is 6.07 Å². The Morgan fingerprint density at radius 3 is 3.19 bits per heavy atom. The second-order valence-electron chi connectivity index (χ2n) is 4.12. The van der Waals surface area contributed by atoms with E-state index in [1.165, 1.54) is 28.1 Å². The molecular formula is C13H12O2S. The topological polar surface area (TPSA) is 26.3 Å². The van der Waals surface area contributed by atoms with Gasteiger partial charge >= 0.3 is 5.97 Å². The molecule has 82 valence electrons. The smallest absolute Gasteiger partial charge is 0.303 e. The van der Waals surface area contributed by atoms with E-state index in [-0.39, 0.29) is 12.1 Å². The van der Waals surface area contributed by atoms with Crippen LogP contribution < -0.4 is 0 Å². The lowest BCUT2D eigenvalue weighted by atomic mass is 9.91. The fourth-order valence-corrected chi connectivity index (χ4v) is 3.43. The molecule has 1 aromatic carbocycles. The van der Waals surface area contributed by atoms with Crippen molar-refractivity contribution in [2.24, 2.45) is 0 Å². The van der Waals surface area contributed by atoms with Gasteiger partial charge in [0.1, 0.15) is 6.10 Å². The van der Waals surface area contributed by atoms with Crippen LogP contribution in [0.15, 0.2) is 23.6 Å². The summed E-state index contributed by atoms with van der Waals surface area (Å²) in [6.07, 6.45) is 1.86. The van der Waals surface area contributed by atoms with Crippen LogP contribution in [0.5, 0.6) is 0 Å². The summed E-state index contributed by atoms with van der Waals surface area (Å²) in [5.41, 5.74) is 2.58. The van der Waals surface area contributed by atoms with Crippen LogP contribution in [0.25, 0.3) is 10.1 Å². The zero-order valence-corrected chi connectivity index (χ0v) is 9.84. The Hall–Kier alpha value is -1.35. The Morgan fingerprint density at radius 2 is 2.38 bits per heavy atom. The summed E-state index contributed by atoms with van der Waals surface area (Å²) in [5.74, 6) is -0.194. The van der Waals surface area contributed by atoms with Crippen molar-refractivity contribution in [1.29, 1.82) is 0 Å². The molecule has 1 atom stereocenters. The average molecular weight is 232 g/mol. The first-order valence-corrected chi connectivity index (χ1v) is 6.30. The highest BCUT2D eigenvalue weighted by Gasteiger charge is 2.24. The Morgan fingerprint density at radius 1 is 1.50 bits per heavy atom. The molecule has 3 heteroatoms. The fraction of sp³-hybridized carbons (Fsp3) is 0.308. The zero-order valence-electron chi connectivity index (χ0n) is 9.03. The summed E-state index contributed by atoms with van der Waals surface area (Å²) < 4.78 is 6.67. The van der Waals surface area contributed by atoms with Crippen molar-refractivity contribution in [1.82, 2.24) is 0 Å². The molecule has 2 aromatic rings. The van der Waals surface area contributed by atoms with Gasteiger partial charge < -0.3 is 4.74 Å². The number of thiophene rings is 1. The first kappa shape index (κ1) is 9.85. The minimum absolute atomic E-state index is 0.0525. The minimum Gasteiger partial charge on any atom is -0.458 e. The van der Waals surface area contributed by atoms with E-state index in [9.17, 15) is 4.79 Å². The van der Waals surface area contributed by atoms with Crippen molar-refractivity contribution in [3.8, 4) is 0 Å². The van der Waals surface area contributed by atoms with Crippen molar-refractivity contribution < 1.29 is 9.53 Å². The predicted molar refractivity (Wildman–Crippen MR) is 64.7 cm³/mol. The molecule has 16 heavy (non-hydrogen) atoms. The maximum absolute atomic E-state index is 11.1. The number of carbonyl (C=O) groups is 1. The molecule has 0 saturated heterocycles. The van der Waals surface area contributed by atoms with Gasteiger partial charge in [-0.2, -0.15) is 0 Å². The van der Waals surface area contributed by atoms with Crippen LogP contribution in [-0.2, 0) is 16.0 Å². The highest BCUT2D eigenvalue weighted by atomic mass is 32.1. The van der Waals surface area contributed by atoms with E-state index in [0.29, 0.717) is 0 Å². The first-order valence-electron chi connectivity index (χ1n) is 5.42. The van der Waals surface area contributed by atoms with E-state index in [0.717, 1.165) is 12.8 Å². The third-order valence-corrected chi connectivity index (χ3v) is 4.04. The normalized spacial score (nSPS) is 18.7. The molecule has 0 N–H and O–H groups in total. The lowest BCUT2D eigenvalue weighted by Crippen LogP contribution is -2.13. The predicted octanol–water partition coefficient (Wildman–Crippen LogP) is 3.45. The Bertz CT molecular complexity index is 556. The molecule has 1 aliphatic rings. The van der Waals surface area contributed by atoms with Crippen molar-refractivity contribution >= 4 is 27.4 Å². The molecule has 1 unspecified atom stereocenters. The van der Waals surface area contributed by atoms with Gasteiger partial charge in [0.25, 0.3) is 0 Å². The standard InChI is InChI=1S/C13H12O2S/c1-8(14)15-11-6-5-9-7-16-12-4-2-3-10(11)13(9)12/h2-4,7,11H,5-6H2,1H3. The summed E-state index contributed by atoms with van der Waals surface area (Å²) in [4.78, 5) is 11.1. The van der Waals surface area contributed by atoms with Crippen LogP contribution >= 0.6 is 11.3 Å². The van der Waals surface area contributed by atoms with Crippen molar-refractivity contribution in [2.45, 2.75) is 25.9 Å². The number of benzene rings is 1. The van der Waals surface area contributed by atoms with Gasteiger partial charge in [0, 0.05) is 22.6 Å². The van der Waals surface area contributed by atoms with Crippen LogP contribution in [0.3, 0.4) is 0 Å². The Labute approximate surface area is 97.8 Å². The van der Waals surface area contributed by atoms with Gasteiger partial charge in [0.15, 0.2) is 0 Å². The second kappa shape index (κ2) is 3.59. The zero-order chi connectivity index (χ0) is 11.1. The molecule has 0 fully saturated rings. The Balaban J connectivity index is 2.15. The molecule has 0 bridgehead atoms. The van der Waals surface area contributed by atoms with E-state index in [4.69, 9.17) is 4.74 Å². The third-order valence-electron chi connectivity index (χ3n) is 3.04. The molecule has 1 heterocycles. The number of carbonyl (C=O) groups excluding carboxylic acids is 1. The van der Waals surface area contributed by atoms with Gasteiger partial charge in [-0.05, 0) is 29.9 Å². The van der Waals surface area contributed by atoms with Gasteiger partial charge in [0.05, 0.1) is 0 Å². The van der Waals surface area contributed by atoms with E-state index in [1.54, 1.807) is 11.3 Å². The highest BCUT2D eigenvalue weighted by molar-refractivity contribution is 7.17. The third kappa shape index (κ3) is 1.43. The quantitative estimate of drug-likeness (QED) is 0.704. The van der Waals surface area contributed by atoms with Gasteiger partial charge in [-0.3, -0.25) is 4.79 Å². The number of hydrogen-bond donors (Lipinski definition) is 0. The molecule has 3 rings (SSSR count). The van der Waals surface area contributed by atoms with Crippen molar-refractivity contribution in [3.63, 3.8) is 0 Å². The van der Waals surface area contributed by atoms with Crippen LogP contribution in [0, 0.1) is 0 Å². The summed E-state index contributed by atoms with van der Waals surface area (Å²) in [6, 6.07) is 6.24. The lowest BCUT2D eigenvalue weighted by molar-refractivity contribution is -0.147. The molecule has 0 saturated carbocycles. The number of rotatable bonds is 1. The van der Waals surface area contributed by atoms with Crippen LogP contribution in [0.4, 0.5) is 0 Å². The monoisotopic (exact) mass is 232 g/mol. The van der Waals surface area contributed by atoms with Gasteiger partial charge in [0.2, 0.25) is 0 Å². The molecule has 0 radical (unpaired) electrons. The summed E-state index contributed by atoms with van der Waals surface area (Å²) in [5, 5.41) is 3.53. The number of hydrogen-bond acceptors (Lipinski definition) is 3. The maximum atomic E-state index is 11.1. The van der Waals surface area contributed by atoms with E-state index in [2.05, 4.69) is 17.5 Å². The van der Waals surface area contributed by atoms with E-state index >= 15 is 0 Å². The van der Waals surface area contributed by atoms with Crippen molar-refractivity contribution in [3.05, 3.63) is 34.7 Å². The van der Waals surface area contributed by atoms with Crippen LogP contribution in [-0.4, -0.2) is 5.97 Å². The first-order chi connectivity index (χ1) is 7.75.